The fourth-order valence-corrected chi connectivity index (χ4v) is 4.95. The van der Waals surface area contributed by atoms with Crippen LogP contribution in [0, 0.1) is 0 Å². The Balaban J connectivity index is 1.54. The lowest BCUT2D eigenvalue weighted by molar-refractivity contribution is 0.0852. The Morgan fingerprint density at radius 2 is 1.90 bits per heavy atom. The molecule has 8 heteroatoms. The quantitative estimate of drug-likeness (QED) is 0.577. The molecule has 31 heavy (non-hydrogen) atoms. The predicted molar refractivity (Wildman–Crippen MR) is 124 cm³/mol. The Hall–Kier alpha value is -2.38. The van der Waals surface area contributed by atoms with Crippen molar-refractivity contribution in [1.29, 1.82) is 0 Å². The summed E-state index contributed by atoms with van der Waals surface area (Å²) in [5.74, 6) is 1.56. The molecule has 1 saturated heterocycles. The van der Waals surface area contributed by atoms with Crippen molar-refractivity contribution in [2.75, 3.05) is 30.5 Å². The first kappa shape index (κ1) is 20.5. The minimum atomic E-state index is 0.386. The molecule has 3 aromatic rings. The van der Waals surface area contributed by atoms with Gasteiger partial charge in [0.05, 0.1) is 6.20 Å². The van der Waals surface area contributed by atoms with Crippen LogP contribution in [0.5, 0.6) is 0 Å². The Labute approximate surface area is 187 Å². The third-order valence-corrected chi connectivity index (χ3v) is 6.73. The largest absolute Gasteiger partial charge is 0.381 e. The van der Waals surface area contributed by atoms with Gasteiger partial charge in [0.15, 0.2) is 5.65 Å². The van der Waals surface area contributed by atoms with Crippen LogP contribution in [0.3, 0.4) is 0 Å². The summed E-state index contributed by atoms with van der Waals surface area (Å²) in [5.41, 5.74) is 2.65. The molecule has 2 aromatic heterocycles. The molecule has 0 spiro atoms. The number of anilines is 3. The number of nitrogens with zero attached hydrogens (tertiary/aromatic N) is 5. The number of aromatic nitrogens is 4. The first-order valence-electron chi connectivity index (χ1n) is 11.3. The summed E-state index contributed by atoms with van der Waals surface area (Å²) < 4.78 is 7.81. The predicted octanol–water partition coefficient (Wildman–Crippen LogP) is 5.34. The van der Waals surface area contributed by atoms with E-state index in [1.165, 1.54) is 19.3 Å². The highest BCUT2D eigenvalue weighted by Crippen LogP contribution is 2.35. The van der Waals surface area contributed by atoms with Gasteiger partial charge >= 0.3 is 0 Å². The number of halogens is 1. The molecule has 0 radical (unpaired) electrons. The maximum atomic E-state index is 6.20. The Morgan fingerprint density at radius 1 is 1.10 bits per heavy atom. The monoisotopic (exact) mass is 440 g/mol. The van der Waals surface area contributed by atoms with E-state index < -0.39 is 0 Å². The van der Waals surface area contributed by atoms with E-state index >= 15 is 0 Å². The van der Waals surface area contributed by atoms with Gasteiger partial charge in [-0.25, -0.2) is 9.97 Å². The maximum absolute atomic E-state index is 6.20. The number of fused-ring (bicyclic) bond motifs is 1. The number of ether oxygens (including phenoxy) is 1. The first-order chi connectivity index (χ1) is 15.2. The van der Waals surface area contributed by atoms with Crippen LogP contribution in [-0.4, -0.2) is 45.8 Å². The van der Waals surface area contributed by atoms with Crippen molar-refractivity contribution in [3.8, 4) is 0 Å². The molecule has 7 nitrogen and oxygen atoms in total. The van der Waals surface area contributed by atoms with Gasteiger partial charge in [-0.1, -0.05) is 36.9 Å². The normalized spacial score (nSPS) is 18.4. The van der Waals surface area contributed by atoms with Gasteiger partial charge in [0.25, 0.3) is 0 Å². The van der Waals surface area contributed by atoms with E-state index in [0.717, 1.165) is 67.6 Å². The molecule has 2 aliphatic rings. The molecule has 1 aliphatic heterocycles. The number of rotatable bonds is 5. The van der Waals surface area contributed by atoms with E-state index in [4.69, 9.17) is 26.3 Å². The number of hydrogen-bond acceptors (Lipinski definition) is 6. The zero-order valence-electron chi connectivity index (χ0n) is 17.9. The molecule has 1 N–H and O–H groups in total. The topological polar surface area (TPSA) is 68.1 Å². The SMILES string of the molecule is CN(c1ncc2nc(Nc3cccc(Cl)c3)n(C3CCCCC3)c2n1)C1CCOCC1. The lowest BCUT2D eigenvalue weighted by atomic mass is 9.95. The summed E-state index contributed by atoms with van der Waals surface area (Å²) in [6.45, 7) is 1.59. The summed E-state index contributed by atoms with van der Waals surface area (Å²) in [4.78, 5) is 16.7. The van der Waals surface area contributed by atoms with Gasteiger partial charge < -0.3 is 15.0 Å². The van der Waals surface area contributed by atoms with Crippen molar-refractivity contribution in [1.82, 2.24) is 19.5 Å². The van der Waals surface area contributed by atoms with Crippen molar-refractivity contribution in [3.63, 3.8) is 0 Å². The average Bonchev–Trinajstić information content (AvgIpc) is 3.16. The summed E-state index contributed by atoms with van der Waals surface area (Å²) in [7, 11) is 2.09. The highest BCUT2D eigenvalue weighted by Gasteiger charge is 2.25. The lowest BCUT2D eigenvalue weighted by Gasteiger charge is -2.31. The minimum absolute atomic E-state index is 0.386. The second kappa shape index (κ2) is 9.01. The molecular weight excluding hydrogens is 412 g/mol. The first-order valence-corrected chi connectivity index (χ1v) is 11.6. The molecule has 3 heterocycles. The molecule has 0 atom stereocenters. The van der Waals surface area contributed by atoms with E-state index in [0.29, 0.717) is 17.1 Å². The van der Waals surface area contributed by atoms with E-state index in [1.807, 2.05) is 30.5 Å². The van der Waals surface area contributed by atoms with Crippen LogP contribution < -0.4 is 10.2 Å². The lowest BCUT2D eigenvalue weighted by Crippen LogP contribution is -2.37. The highest BCUT2D eigenvalue weighted by atomic mass is 35.5. The van der Waals surface area contributed by atoms with Crippen molar-refractivity contribution < 1.29 is 4.74 Å². The van der Waals surface area contributed by atoms with Crippen molar-refractivity contribution in [2.24, 2.45) is 0 Å². The molecule has 5 rings (SSSR count). The Morgan fingerprint density at radius 3 is 2.68 bits per heavy atom. The van der Waals surface area contributed by atoms with Gasteiger partial charge in [0, 0.05) is 43.1 Å². The van der Waals surface area contributed by atoms with E-state index in [2.05, 4.69) is 26.8 Å². The fourth-order valence-electron chi connectivity index (χ4n) is 4.76. The van der Waals surface area contributed by atoms with Crippen molar-refractivity contribution >= 4 is 40.3 Å². The van der Waals surface area contributed by atoms with Crippen LogP contribution in [0.4, 0.5) is 17.6 Å². The maximum Gasteiger partial charge on any atom is 0.227 e. The number of hydrogen-bond donors (Lipinski definition) is 1. The Kier molecular flexibility index (Phi) is 5.96. The average molecular weight is 441 g/mol. The van der Waals surface area contributed by atoms with Crippen LogP contribution in [0.2, 0.25) is 5.02 Å². The van der Waals surface area contributed by atoms with E-state index in [9.17, 15) is 0 Å². The third kappa shape index (κ3) is 4.34. The zero-order chi connectivity index (χ0) is 21.2. The molecule has 1 aromatic carbocycles. The smallest absolute Gasteiger partial charge is 0.227 e. The molecular formula is C23H29ClN6O. The molecule has 164 valence electrons. The second-order valence-corrected chi connectivity index (χ2v) is 9.00. The van der Waals surface area contributed by atoms with Crippen LogP contribution in [0.15, 0.2) is 30.5 Å². The van der Waals surface area contributed by atoms with Gasteiger partial charge in [-0.2, -0.15) is 4.98 Å². The molecule has 1 aliphatic carbocycles. The van der Waals surface area contributed by atoms with Crippen LogP contribution in [-0.2, 0) is 4.74 Å². The van der Waals surface area contributed by atoms with Gasteiger partial charge in [0.2, 0.25) is 11.9 Å². The van der Waals surface area contributed by atoms with Crippen LogP contribution >= 0.6 is 11.6 Å². The summed E-state index contributed by atoms with van der Waals surface area (Å²) in [5, 5.41) is 4.18. The molecule has 2 fully saturated rings. The van der Waals surface area contributed by atoms with Gasteiger partial charge in [-0.3, -0.25) is 4.57 Å². The van der Waals surface area contributed by atoms with Gasteiger partial charge in [-0.15, -0.1) is 0 Å². The van der Waals surface area contributed by atoms with E-state index in [1.54, 1.807) is 0 Å². The second-order valence-electron chi connectivity index (χ2n) is 8.57. The molecule has 0 amide bonds. The summed E-state index contributed by atoms with van der Waals surface area (Å²) in [6.07, 6.45) is 9.92. The molecule has 1 saturated carbocycles. The minimum Gasteiger partial charge on any atom is -0.381 e. The fraction of sp³-hybridized carbons (Fsp3) is 0.522. The molecule has 0 unspecified atom stereocenters. The van der Waals surface area contributed by atoms with Gasteiger partial charge in [0.1, 0.15) is 5.52 Å². The van der Waals surface area contributed by atoms with Crippen molar-refractivity contribution in [3.05, 3.63) is 35.5 Å². The number of benzene rings is 1. The van der Waals surface area contributed by atoms with Crippen LogP contribution in [0.25, 0.3) is 11.2 Å². The zero-order valence-corrected chi connectivity index (χ0v) is 18.7. The highest BCUT2D eigenvalue weighted by molar-refractivity contribution is 6.30. The van der Waals surface area contributed by atoms with E-state index in [-0.39, 0.29) is 0 Å². The van der Waals surface area contributed by atoms with Crippen molar-refractivity contribution in [2.45, 2.75) is 57.0 Å². The number of nitrogens with one attached hydrogen (secondary N) is 1. The summed E-state index contributed by atoms with van der Waals surface area (Å²) in [6, 6.07) is 8.53. The summed E-state index contributed by atoms with van der Waals surface area (Å²) >= 11 is 6.20. The standard InChI is InChI=1S/C23H29ClN6O/c1-29(18-10-12-31-13-11-18)22-25-15-20-21(28-22)30(19-8-3-2-4-9-19)23(27-20)26-17-7-5-6-16(24)14-17/h5-7,14-15,18-19H,2-4,8-13H2,1H3,(H,26,27). The van der Waals surface area contributed by atoms with Crippen LogP contribution in [0.1, 0.15) is 51.0 Å². The number of imidazole rings is 1. The Bertz CT molecular complexity index is 1040. The molecule has 0 bridgehead atoms. The van der Waals surface area contributed by atoms with Gasteiger partial charge in [-0.05, 0) is 43.9 Å². The third-order valence-electron chi connectivity index (χ3n) is 6.49.